The quantitative estimate of drug-likeness (QED) is 0.620. The van der Waals surface area contributed by atoms with Crippen LogP contribution in [0.2, 0.25) is 10.0 Å². The van der Waals surface area contributed by atoms with E-state index in [0.717, 1.165) is 11.5 Å². The number of halogens is 2. The molecule has 0 aliphatic carbocycles. The molecule has 0 bridgehead atoms. The molecule has 0 heterocycles. The van der Waals surface area contributed by atoms with Gasteiger partial charge in [-0.05, 0) is 54.6 Å². The number of rotatable bonds is 4. The molecule has 0 atom stereocenters. The Kier molecular flexibility index (Phi) is 4.83. The largest absolute Gasteiger partial charge is 0.289 e. The first-order valence-corrected chi connectivity index (χ1v) is 8.17. The van der Waals surface area contributed by atoms with Gasteiger partial charge in [0.15, 0.2) is 15.6 Å². The summed E-state index contributed by atoms with van der Waals surface area (Å²) in [5, 5.41) is 1.83. The summed E-state index contributed by atoms with van der Waals surface area (Å²) in [6.45, 7) is 0. The van der Waals surface area contributed by atoms with Crippen LogP contribution in [0.1, 0.15) is 10.4 Å². The number of hydrogen-bond acceptors (Lipinski definition) is 3. The predicted octanol–water partition coefficient (Wildman–Crippen LogP) is 4.16. The fourth-order valence-corrected chi connectivity index (χ4v) is 2.79. The van der Waals surface area contributed by atoms with Crippen molar-refractivity contribution in [3.63, 3.8) is 0 Å². The van der Waals surface area contributed by atoms with E-state index in [-0.39, 0.29) is 4.90 Å². The molecule has 0 fully saturated rings. The number of allylic oxidation sites excluding steroid dienone is 1. The fraction of sp³-hybridized carbons (Fsp3) is 0. The highest BCUT2D eigenvalue weighted by atomic mass is 35.5. The topological polar surface area (TPSA) is 51.2 Å². The lowest BCUT2D eigenvalue weighted by Gasteiger charge is -1.99. The van der Waals surface area contributed by atoms with Crippen molar-refractivity contribution < 1.29 is 13.2 Å². The monoisotopic (exact) mass is 340 g/mol. The van der Waals surface area contributed by atoms with Crippen LogP contribution in [-0.4, -0.2) is 14.2 Å². The zero-order chi connectivity index (χ0) is 15.5. The molecule has 0 saturated heterocycles. The van der Waals surface area contributed by atoms with Crippen LogP contribution >= 0.6 is 23.2 Å². The van der Waals surface area contributed by atoms with Gasteiger partial charge in [-0.25, -0.2) is 8.42 Å². The summed E-state index contributed by atoms with van der Waals surface area (Å²) < 4.78 is 24.1. The normalized spacial score (nSPS) is 11.7. The molecular formula is C15H10Cl2O3S. The third kappa shape index (κ3) is 4.17. The second-order valence-corrected chi connectivity index (χ2v) is 6.88. The molecule has 0 saturated carbocycles. The third-order valence-corrected chi connectivity index (χ3v) is 4.60. The Hall–Kier alpha value is -1.62. The zero-order valence-corrected chi connectivity index (χ0v) is 13.0. The number of ketones is 1. The Bertz CT molecular complexity index is 777. The molecule has 2 rings (SSSR count). The van der Waals surface area contributed by atoms with Crippen molar-refractivity contribution in [2.75, 3.05) is 0 Å². The van der Waals surface area contributed by atoms with Crippen molar-refractivity contribution in [2.45, 2.75) is 4.90 Å². The first kappa shape index (κ1) is 15.8. The van der Waals surface area contributed by atoms with Crippen LogP contribution in [-0.2, 0) is 9.84 Å². The molecule has 21 heavy (non-hydrogen) atoms. The van der Waals surface area contributed by atoms with E-state index in [1.54, 1.807) is 12.1 Å². The summed E-state index contributed by atoms with van der Waals surface area (Å²) in [5.41, 5.74) is 0.363. The van der Waals surface area contributed by atoms with Crippen molar-refractivity contribution >= 4 is 38.8 Å². The Morgan fingerprint density at radius 2 is 1.33 bits per heavy atom. The van der Waals surface area contributed by atoms with Gasteiger partial charge < -0.3 is 0 Å². The van der Waals surface area contributed by atoms with E-state index in [9.17, 15) is 13.2 Å². The maximum atomic E-state index is 12.0. The molecule has 0 aromatic heterocycles. The Morgan fingerprint density at radius 3 is 1.86 bits per heavy atom. The highest BCUT2D eigenvalue weighted by Gasteiger charge is 2.11. The van der Waals surface area contributed by atoms with Gasteiger partial charge in [-0.1, -0.05) is 23.2 Å². The minimum absolute atomic E-state index is 0.0760. The molecule has 108 valence electrons. The van der Waals surface area contributed by atoms with E-state index in [1.165, 1.54) is 36.4 Å². The first-order valence-electron chi connectivity index (χ1n) is 5.87. The lowest BCUT2D eigenvalue weighted by atomic mass is 10.1. The van der Waals surface area contributed by atoms with Crippen molar-refractivity contribution in [1.29, 1.82) is 0 Å². The average Bonchev–Trinajstić information content (AvgIpc) is 2.46. The van der Waals surface area contributed by atoms with Gasteiger partial charge in [-0.15, -0.1) is 0 Å². The number of benzene rings is 2. The minimum Gasteiger partial charge on any atom is -0.289 e. The molecule has 0 radical (unpaired) electrons. The summed E-state index contributed by atoms with van der Waals surface area (Å²) in [4.78, 5) is 11.9. The minimum atomic E-state index is -3.67. The van der Waals surface area contributed by atoms with Gasteiger partial charge in [-0.3, -0.25) is 4.79 Å². The van der Waals surface area contributed by atoms with E-state index in [0.29, 0.717) is 15.6 Å². The second-order valence-electron chi connectivity index (χ2n) is 4.17. The van der Waals surface area contributed by atoms with Crippen molar-refractivity contribution in [2.24, 2.45) is 0 Å². The Morgan fingerprint density at radius 1 is 0.857 bits per heavy atom. The van der Waals surface area contributed by atoms with Crippen LogP contribution in [0, 0.1) is 0 Å². The molecule has 2 aromatic carbocycles. The van der Waals surface area contributed by atoms with Crippen LogP contribution in [0.15, 0.2) is 64.9 Å². The number of carbonyl (C=O) groups excluding carboxylic acids is 1. The lowest BCUT2D eigenvalue weighted by molar-refractivity contribution is 0.104. The maximum absolute atomic E-state index is 12.0. The van der Waals surface area contributed by atoms with Gasteiger partial charge >= 0.3 is 0 Å². The molecule has 0 aliphatic heterocycles. The van der Waals surface area contributed by atoms with Crippen LogP contribution in [0.4, 0.5) is 0 Å². The predicted molar refractivity (Wildman–Crippen MR) is 83.6 cm³/mol. The van der Waals surface area contributed by atoms with Crippen molar-refractivity contribution in [3.8, 4) is 0 Å². The molecule has 0 aliphatic rings. The SMILES string of the molecule is O=C(/C=C/S(=O)(=O)c1ccc(Cl)cc1)c1ccc(Cl)cc1. The average molecular weight is 341 g/mol. The second kappa shape index (κ2) is 6.43. The molecule has 0 N–H and O–H groups in total. The van der Waals surface area contributed by atoms with E-state index < -0.39 is 15.6 Å². The molecule has 6 heteroatoms. The number of carbonyl (C=O) groups is 1. The summed E-state index contributed by atoms with van der Waals surface area (Å²) in [6.07, 6.45) is 1.02. The van der Waals surface area contributed by atoms with Crippen LogP contribution in [0.5, 0.6) is 0 Å². The summed E-state index contributed by atoms with van der Waals surface area (Å²) >= 11 is 11.4. The number of sulfone groups is 1. The highest BCUT2D eigenvalue weighted by molar-refractivity contribution is 7.94. The Labute approximate surface area is 132 Å². The third-order valence-electron chi connectivity index (χ3n) is 2.67. The van der Waals surface area contributed by atoms with Gasteiger partial charge in [0.1, 0.15) is 0 Å². The molecule has 2 aromatic rings. The van der Waals surface area contributed by atoms with Crippen molar-refractivity contribution in [1.82, 2.24) is 0 Å². The molecular weight excluding hydrogens is 331 g/mol. The summed E-state index contributed by atoms with van der Waals surface area (Å²) in [6, 6.07) is 11.9. The van der Waals surface area contributed by atoms with E-state index in [2.05, 4.69) is 0 Å². The van der Waals surface area contributed by atoms with E-state index >= 15 is 0 Å². The van der Waals surface area contributed by atoms with Crippen LogP contribution in [0.3, 0.4) is 0 Å². The van der Waals surface area contributed by atoms with Gasteiger partial charge in [0.2, 0.25) is 0 Å². The summed E-state index contributed by atoms with van der Waals surface area (Å²) in [5.74, 6) is -0.413. The van der Waals surface area contributed by atoms with Gasteiger partial charge in [0.05, 0.1) is 4.90 Å². The van der Waals surface area contributed by atoms with E-state index in [4.69, 9.17) is 23.2 Å². The standard InChI is InChI=1S/C15H10Cl2O3S/c16-12-3-1-11(2-4-12)15(18)9-10-21(19,20)14-7-5-13(17)6-8-14/h1-10H/b10-9+. The Balaban J connectivity index is 2.21. The molecule has 3 nitrogen and oxygen atoms in total. The van der Waals surface area contributed by atoms with E-state index in [1.807, 2.05) is 0 Å². The molecule has 0 unspecified atom stereocenters. The van der Waals surface area contributed by atoms with Gasteiger partial charge in [0, 0.05) is 21.0 Å². The highest BCUT2D eigenvalue weighted by Crippen LogP contribution is 2.17. The van der Waals surface area contributed by atoms with Gasteiger partial charge in [-0.2, -0.15) is 0 Å². The van der Waals surface area contributed by atoms with Crippen molar-refractivity contribution in [3.05, 3.63) is 75.6 Å². The molecule has 0 spiro atoms. The number of hydrogen-bond donors (Lipinski definition) is 0. The summed E-state index contributed by atoms with van der Waals surface area (Å²) in [7, 11) is -3.67. The van der Waals surface area contributed by atoms with Gasteiger partial charge in [0.25, 0.3) is 0 Å². The molecule has 0 amide bonds. The fourth-order valence-electron chi connectivity index (χ4n) is 1.56. The van der Waals surface area contributed by atoms with Crippen LogP contribution in [0.25, 0.3) is 0 Å². The first-order chi connectivity index (χ1) is 9.88. The zero-order valence-electron chi connectivity index (χ0n) is 10.7. The smallest absolute Gasteiger partial charge is 0.199 e. The maximum Gasteiger partial charge on any atom is 0.199 e. The van der Waals surface area contributed by atoms with Crippen LogP contribution < -0.4 is 0 Å². The lowest BCUT2D eigenvalue weighted by Crippen LogP contribution is -1.99.